The van der Waals surface area contributed by atoms with Crippen molar-refractivity contribution in [2.24, 2.45) is 0 Å². The fourth-order valence-corrected chi connectivity index (χ4v) is 17.4. The molecule has 6 aliphatic heterocycles. The molecule has 3 spiro atoms. The minimum atomic E-state index is -1.00. The number of aliphatic hydroxyl groups is 3. The van der Waals surface area contributed by atoms with Crippen molar-refractivity contribution in [3.8, 4) is 34.5 Å². The number of benzene rings is 3. The highest BCUT2D eigenvalue weighted by Gasteiger charge is 2.76. The minimum absolute atomic E-state index is 0. The number of hydrogen-bond donors (Lipinski definition) is 6. The van der Waals surface area contributed by atoms with Crippen LogP contribution in [0.15, 0.2) is 74.4 Å². The van der Waals surface area contributed by atoms with Crippen LogP contribution in [-0.4, -0.2) is 155 Å². The van der Waals surface area contributed by atoms with Gasteiger partial charge in [-0.1, -0.05) is 58.7 Å². The smallest absolute Gasteiger partial charge is 0.174 e. The van der Waals surface area contributed by atoms with Crippen LogP contribution in [0.2, 0.25) is 0 Å². The molecule has 0 unspecified atom stereocenters. The molecule has 3 saturated carbocycles. The Morgan fingerprint density at radius 2 is 0.733 bits per heavy atom. The molecule has 6 N–H and O–H groups in total. The number of Topliss-reactive ketones (excluding diaryl/α,β-unsaturated/α-hetero) is 3. The lowest BCUT2D eigenvalue weighted by Crippen LogP contribution is -2.76. The largest absolute Gasteiger partial charge is 0.504 e. The second-order valence-electron chi connectivity index (χ2n) is 22.7. The number of hydrogen-bond acceptors (Lipinski definition) is 15. The van der Waals surface area contributed by atoms with Gasteiger partial charge in [-0.15, -0.1) is 19.7 Å². The quantitative estimate of drug-likeness (QED) is 0.161. The number of phenols is 3. The van der Waals surface area contributed by atoms with E-state index in [1.165, 1.54) is 0 Å². The molecule has 15 nitrogen and oxygen atoms in total. The molecule has 6 heterocycles. The number of nitrogens with zero attached hydrogens (tertiary/aromatic N) is 3. The summed E-state index contributed by atoms with van der Waals surface area (Å²) in [5.41, 5.74) is 0.768. The molecule has 0 radical (unpaired) electrons. The summed E-state index contributed by atoms with van der Waals surface area (Å²) in [6.07, 6.45) is 10.0. The van der Waals surface area contributed by atoms with Crippen molar-refractivity contribution in [2.45, 2.75) is 169 Å². The van der Waals surface area contributed by atoms with E-state index in [0.29, 0.717) is 94.3 Å². The van der Waals surface area contributed by atoms with Crippen molar-refractivity contribution in [2.75, 3.05) is 39.3 Å². The van der Waals surface area contributed by atoms with Gasteiger partial charge in [0.25, 0.3) is 0 Å². The highest BCUT2D eigenvalue weighted by atomic mass is 16.5. The molecular weight excluding hydrogens is 955 g/mol. The van der Waals surface area contributed by atoms with E-state index in [1.807, 2.05) is 36.4 Å². The maximum Gasteiger partial charge on any atom is 0.174 e. The van der Waals surface area contributed by atoms with Crippen LogP contribution in [0.25, 0.3) is 0 Å². The van der Waals surface area contributed by atoms with E-state index in [1.54, 1.807) is 18.2 Å². The lowest BCUT2D eigenvalue weighted by molar-refractivity contribution is -0.187. The van der Waals surface area contributed by atoms with E-state index in [9.17, 15) is 45.0 Å². The maximum absolute atomic E-state index is 12.6. The van der Waals surface area contributed by atoms with E-state index in [-0.39, 0.29) is 75.0 Å². The number of likely N-dealkylation sites (tertiary alicyclic amines) is 3. The first-order valence-corrected chi connectivity index (χ1v) is 25.9. The lowest BCUT2D eigenvalue weighted by Gasteiger charge is -2.62. The van der Waals surface area contributed by atoms with Gasteiger partial charge in [-0.25, -0.2) is 0 Å². The van der Waals surface area contributed by atoms with Gasteiger partial charge in [0.15, 0.2) is 70.2 Å². The molecule has 6 aliphatic carbocycles. The first-order chi connectivity index (χ1) is 34.6. The highest BCUT2D eigenvalue weighted by Crippen LogP contribution is 2.68. The van der Waals surface area contributed by atoms with Crippen molar-refractivity contribution < 1.29 is 59.2 Å². The zero-order valence-corrected chi connectivity index (χ0v) is 40.5. The molecular formula is C60H75N3O12. The second kappa shape index (κ2) is 17.8. The van der Waals surface area contributed by atoms with Crippen LogP contribution in [0.4, 0.5) is 0 Å². The summed E-state index contributed by atoms with van der Waals surface area (Å²) in [6.45, 7) is 16.1. The third-order valence-electron chi connectivity index (χ3n) is 20.2. The number of ketones is 3. The molecule has 402 valence electrons. The van der Waals surface area contributed by atoms with Gasteiger partial charge in [0.05, 0.1) is 33.0 Å². The minimum Gasteiger partial charge on any atom is -0.504 e. The Morgan fingerprint density at radius 3 is 0.987 bits per heavy atom. The van der Waals surface area contributed by atoms with Crippen molar-refractivity contribution in [3.05, 3.63) is 108 Å². The van der Waals surface area contributed by atoms with Crippen molar-refractivity contribution in [1.82, 2.24) is 14.7 Å². The van der Waals surface area contributed by atoms with E-state index in [2.05, 4.69) is 34.4 Å². The summed E-state index contributed by atoms with van der Waals surface area (Å²) in [5.74, 6) is 1.58. The monoisotopic (exact) mass is 1030 g/mol. The fraction of sp³-hybridized carbons (Fsp3) is 0.550. The van der Waals surface area contributed by atoms with Crippen LogP contribution < -0.4 is 14.2 Å². The summed E-state index contributed by atoms with van der Waals surface area (Å²) in [4.78, 5) is 44.7. The predicted octanol–water partition coefficient (Wildman–Crippen LogP) is 5.81. The Labute approximate surface area is 440 Å². The van der Waals surface area contributed by atoms with Crippen LogP contribution in [0.5, 0.6) is 34.5 Å². The molecule has 15 heteroatoms. The van der Waals surface area contributed by atoms with Gasteiger partial charge < -0.3 is 44.8 Å². The van der Waals surface area contributed by atoms with Crippen LogP contribution in [0, 0.1) is 0 Å². The molecule has 6 bridgehead atoms. The molecule has 75 heavy (non-hydrogen) atoms. The normalized spacial score (nSPS) is 37.7. The summed E-state index contributed by atoms with van der Waals surface area (Å²) in [5, 5.41) is 66.3. The Morgan fingerprint density at radius 1 is 0.467 bits per heavy atom. The van der Waals surface area contributed by atoms with Crippen LogP contribution >= 0.6 is 0 Å². The average Bonchev–Trinajstić information content (AvgIpc) is 4.22. The van der Waals surface area contributed by atoms with Crippen molar-refractivity contribution >= 4 is 17.3 Å². The van der Waals surface area contributed by atoms with Crippen LogP contribution in [0.3, 0.4) is 0 Å². The van der Waals surface area contributed by atoms with E-state index in [0.717, 1.165) is 72.6 Å². The molecule has 3 saturated heterocycles. The van der Waals surface area contributed by atoms with Gasteiger partial charge in [-0.2, -0.15) is 0 Å². The molecule has 3 aromatic carbocycles. The Bertz CT molecular complexity index is 2630. The van der Waals surface area contributed by atoms with Gasteiger partial charge in [-0.3, -0.25) is 29.1 Å². The number of aromatic hydroxyl groups is 3. The Kier molecular flexibility index (Phi) is 12.5. The van der Waals surface area contributed by atoms with Gasteiger partial charge >= 0.3 is 0 Å². The second-order valence-corrected chi connectivity index (χ2v) is 22.7. The zero-order valence-electron chi connectivity index (χ0n) is 40.5. The summed E-state index contributed by atoms with van der Waals surface area (Å²) in [6, 6.07) is 10.5. The fourth-order valence-electron chi connectivity index (χ4n) is 17.4. The summed E-state index contributed by atoms with van der Waals surface area (Å²) < 4.78 is 18.0. The van der Waals surface area contributed by atoms with Crippen LogP contribution in [-0.2, 0) is 49.9 Å². The van der Waals surface area contributed by atoms with Gasteiger partial charge in [0.1, 0.15) is 0 Å². The molecule has 12 aliphatic rings. The number of rotatable bonds is 6. The molecule has 15 rings (SSSR count). The average molecular weight is 1030 g/mol. The first kappa shape index (κ1) is 52.9. The lowest BCUT2D eigenvalue weighted by atomic mass is 9.49. The number of carbonyl (C=O) groups excluding carboxylic acids is 3. The Hall–Kier alpha value is -5.55. The SMILES string of the molecule is C.C.C.C=CCN1CC[C@]23c4c5ccc(O)c4O[C@H]2C(=O)CC[C@@]3(O)[C@H]1C5.C=CCN1CC[C@]23c4c5ccc(O)c4O[C@H]2C(=O)CC[C@@]3(O)[C@H]1C5.C=CCN1CC[C@]23c4c5ccc(O)c4O[C@H]2C(=O)CC[C@@]3(O)[C@H]1C5. The van der Waals surface area contributed by atoms with Crippen molar-refractivity contribution in [1.29, 1.82) is 0 Å². The van der Waals surface area contributed by atoms with E-state index in [4.69, 9.17) is 14.2 Å². The van der Waals surface area contributed by atoms with Crippen LogP contribution in [0.1, 0.15) is 113 Å². The van der Waals surface area contributed by atoms with Gasteiger partial charge in [0.2, 0.25) is 0 Å². The molecule has 0 aromatic heterocycles. The standard InChI is InChI=1S/3C19H21NO4.3CH4/c3*1-2-8-20-9-7-18-15-11-3-4-12(21)16(15)24-17(18)13(22)5-6-19(18,23)14(20)10-11;;;/h3*2-4,14,17,21,23H,1,5-10H2;3*1H4/t3*14-,17+,18+,19-;;;/m111.../s1. The molecule has 0 amide bonds. The van der Waals surface area contributed by atoms with E-state index < -0.39 is 51.4 Å². The molecule has 6 fully saturated rings. The van der Waals surface area contributed by atoms with E-state index >= 15 is 0 Å². The topological polar surface area (TPSA) is 210 Å². The Balaban J connectivity index is 0.000000126. The zero-order chi connectivity index (χ0) is 50.1. The first-order valence-electron chi connectivity index (χ1n) is 25.9. The maximum atomic E-state index is 12.6. The van der Waals surface area contributed by atoms with Gasteiger partial charge in [0, 0.05) is 93.3 Å². The number of carbonyl (C=O) groups is 3. The highest BCUT2D eigenvalue weighted by molar-refractivity contribution is 5.92. The number of ether oxygens (including phenoxy) is 3. The third kappa shape index (κ3) is 6.28. The summed E-state index contributed by atoms with van der Waals surface area (Å²) in [7, 11) is 0. The van der Waals surface area contributed by atoms with Crippen molar-refractivity contribution in [3.63, 3.8) is 0 Å². The number of phenolic OH excluding ortho intramolecular Hbond substituents is 3. The summed E-state index contributed by atoms with van der Waals surface area (Å²) >= 11 is 0. The third-order valence-corrected chi connectivity index (χ3v) is 20.2. The number of piperidine rings is 3. The molecule has 3 aromatic rings. The predicted molar refractivity (Wildman–Crippen MR) is 282 cm³/mol. The van der Waals surface area contributed by atoms with Gasteiger partial charge in [-0.05, 0) is 92.7 Å². The molecule has 12 atom stereocenters.